The van der Waals surface area contributed by atoms with Crippen LogP contribution in [0.1, 0.15) is 50.3 Å². The van der Waals surface area contributed by atoms with Crippen molar-refractivity contribution in [3.05, 3.63) is 69.6 Å². The average Bonchev–Trinajstić information content (AvgIpc) is 3.02. The number of ether oxygens (including phenoxy) is 1. The Morgan fingerprint density at radius 1 is 1.18 bits per heavy atom. The number of methoxy groups -OCH3 is 1. The van der Waals surface area contributed by atoms with E-state index < -0.39 is 0 Å². The molecule has 0 saturated heterocycles. The highest BCUT2D eigenvalue weighted by molar-refractivity contribution is 5.65. The Morgan fingerprint density at radius 2 is 1.86 bits per heavy atom. The predicted octanol–water partition coefficient (Wildman–Crippen LogP) is 4.00. The zero-order valence-corrected chi connectivity index (χ0v) is 17.0. The van der Waals surface area contributed by atoms with Gasteiger partial charge < -0.3 is 9.84 Å². The van der Waals surface area contributed by atoms with Gasteiger partial charge in [0.15, 0.2) is 5.82 Å². The molecule has 6 nitrogen and oxygen atoms in total. The standard InChI is InChI=1S/C22H27N3O3/c1-14(2)16-8-11-19(26)18(12-16)20-23-24-21(27)25(20)13-15-6-9-17(10-7-15)22(3,4)28-5/h6-12,14,26H,13H2,1-5H3,(H,24,27). The third-order valence-electron chi connectivity index (χ3n) is 5.19. The number of hydrogen-bond donors (Lipinski definition) is 2. The summed E-state index contributed by atoms with van der Waals surface area (Å²) in [5.41, 5.74) is 2.94. The first kappa shape index (κ1) is 19.9. The summed E-state index contributed by atoms with van der Waals surface area (Å²) in [5.74, 6) is 0.822. The monoisotopic (exact) mass is 381 g/mol. The van der Waals surface area contributed by atoms with E-state index in [-0.39, 0.29) is 17.0 Å². The van der Waals surface area contributed by atoms with Crippen LogP contribution in [0.2, 0.25) is 0 Å². The van der Waals surface area contributed by atoms with Crippen LogP contribution < -0.4 is 5.69 Å². The van der Waals surface area contributed by atoms with E-state index in [1.807, 2.05) is 50.2 Å². The van der Waals surface area contributed by atoms with E-state index in [9.17, 15) is 9.90 Å². The van der Waals surface area contributed by atoms with Crippen molar-refractivity contribution in [1.29, 1.82) is 0 Å². The highest BCUT2D eigenvalue weighted by Gasteiger charge is 2.20. The number of aromatic hydroxyl groups is 1. The van der Waals surface area contributed by atoms with Gasteiger partial charge in [-0.2, -0.15) is 5.10 Å². The molecule has 1 heterocycles. The van der Waals surface area contributed by atoms with Gasteiger partial charge in [-0.1, -0.05) is 44.2 Å². The number of phenolic OH excluding ortho intramolecular Hbond substituents is 1. The van der Waals surface area contributed by atoms with E-state index in [0.29, 0.717) is 23.9 Å². The molecule has 0 fully saturated rings. The lowest BCUT2D eigenvalue weighted by Crippen LogP contribution is -2.20. The summed E-state index contributed by atoms with van der Waals surface area (Å²) in [4.78, 5) is 12.4. The largest absolute Gasteiger partial charge is 0.507 e. The molecule has 1 aromatic heterocycles. The topological polar surface area (TPSA) is 80.1 Å². The van der Waals surface area contributed by atoms with E-state index >= 15 is 0 Å². The maximum absolute atomic E-state index is 12.4. The number of benzene rings is 2. The first-order chi connectivity index (χ1) is 13.2. The van der Waals surface area contributed by atoms with Crippen molar-refractivity contribution in [1.82, 2.24) is 14.8 Å². The molecule has 0 aliphatic carbocycles. The Kier molecular flexibility index (Phi) is 5.42. The Labute approximate surface area is 164 Å². The lowest BCUT2D eigenvalue weighted by molar-refractivity contribution is 0.0192. The van der Waals surface area contributed by atoms with E-state index in [1.165, 1.54) is 4.57 Å². The number of aromatic amines is 1. The number of nitrogens with one attached hydrogen (secondary N) is 1. The van der Waals surface area contributed by atoms with E-state index in [1.54, 1.807) is 13.2 Å². The quantitative estimate of drug-likeness (QED) is 0.676. The molecule has 0 aliphatic heterocycles. The molecule has 0 amide bonds. The van der Waals surface area contributed by atoms with Gasteiger partial charge in [0.25, 0.3) is 0 Å². The van der Waals surface area contributed by atoms with Crippen molar-refractivity contribution in [3.63, 3.8) is 0 Å². The number of rotatable bonds is 6. The molecule has 0 saturated carbocycles. The van der Waals surface area contributed by atoms with Crippen LogP contribution in [0.15, 0.2) is 47.3 Å². The second-order valence-corrected chi connectivity index (χ2v) is 7.78. The second kappa shape index (κ2) is 7.64. The Balaban J connectivity index is 1.97. The summed E-state index contributed by atoms with van der Waals surface area (Å²) in [6, 6.07) is 13.4. The second-order valence-electron chi connectivity index (χ2n) is 7.78. The van der Waals surface area contributed by atoms with E-state index in [0.717, 1.165) is 16.7 Å². The summed E-state index contributed by atoms with van der Waals surface area (Å²) in [5, 5.41) is 17.0. The van der Waals surface area contributed by atoms with Crippen molar-refractivity contribution in [3.8, 4) is 17.1 Å². The van der Waals surface area contributed by atoms with Crippen LogP contribution >= 0.6 is 0 Å². The van der Waals surface area contributed by atoms with Crippen LogP contribution in [0.3, 0.4) is 0 Å². The summed E-state index contributed by atoms with van der Waals surface area (Å²) in [6.45, 7) is 8.52. The molecule has 3 aromatic rings. The molecule has 3 rings (SSSR count). The summed E-state index contributed by atoms with van der Waals surface area (Å²) >= 11 is 0. The van der Waals surface area contributed by atoms with Crippen LogP contribution in [0, 0.1) is 0 Å². The van der Waals surface area contributed by atoms with Crippen molar-refractivity contribution in [2.75, 3.05) is 7.11 Å². The highest BCUT2D eigenvalue weighted by Crippen LogP contribution is 2.31. The fourth-order valence-corrected chi connectivity index (χ4v) is 3.07. The van der Waals surface area contributed by atoms with Gasteiger partial charge in [0.1, 0.15) is 5.75 Å². The molecule has 0 spiro atoms. The predicted molar refractivity (Wildman–Crippen MR) is 110 cm³/mol. The Morgan fingerprint density at radius 3 is 2.46 bits per heavy atom. The molecule has 0 bridgehead atoms. The van der Waals surface area contributed by atoms with Gasteiger partial charge in [0, 0.05) is 7.11 Å². The van der Waals surface area contributed by atoms with Gasteiger partial charge in [0.05, 0.1) is 17.7 Å². The van der Waals surface area contributed by atoms with Crippen LogP contribution in [0.25, 0.3) is 11.4 Å². The van der Waals surface area contributed by atoms with Crippen LogP contribution in [-0.4, -0.2) is 27.0 Å². The Bertz CT molecular complexity index is 1010. The van der Waals surface area contributed by atoms with Crippen LogP contribution in [0.4, 0.5) is 0 Å². The van der Waals surface area contributed by atoms with Crippen molar-refractivity contribution in [2.45, 2.75) is 45.8 Å². The first-order valence-corrected chi connectivity index (χ1v) is 9.36. The molecule has 28 heavy (non-hydrogen) atoms. The maximum atomic E-state index is 12.4. The molecular weight excluding hydrogens is 354 g/mol. The summed E-state index contributed by atoms with van der Waals surface area (Å²) < 4.78 is 7.05. The van der Waals surface area contributed by atoms with Gasteiger partial charge in [-0.25, -0.2) is 9.89 Å². The fourth-order valence-electron chi connectivity index (χ4n) is 3.07. The number of hydrogen-bond acceptors (Lipinski definition) is 4. The minimum Gasteiger partial charge on any atom is -0.507 e. The fraction of sp³-hybridized carbons (Fsp3) is 0.364. The number of H-pyrrole nitrogens is 1. The van der Waals surface area contributed by atoms with E-state index in [4.69, 9.17) is 4.74 Å². The van der Waals surface area contributed by atoms with Gasteiger partial charge >= 0.3 is 5.69 Å². The molecule has 2 aromatic carbocycles. The molecule has 0 aliphatic rings. The smallest absolute Gasteiger partial charge is 0.343 e. The van der Waals surface area contributed by atoms with Gasteiger partial charge in [-0.3, -0.25) is 4.57 Å². The molecule has 0 radical (unpaired) electrons. The molecule has 148 valence electrons. The van der Waals surface area contributed by atoms with Crippen LogP contribution in [0.5, 0.6) is 5.75 Å². The normalized spacial score (nSPS) is 11.9. The van der Waals surface area contributed by atoms with Crippen LogP contribution in [-0.2, 0) is 16.9 Å². The number of phenols is 1. The zero-order chi connectivity index (χ0) is 20.5. The lowest BCUT2D eigenvalue weighted by Gasteiger charge is -2.23. The average molecular weight is 381 g/mol. The molecule has 0 unspecified atom stereocenters. The third-order valence-corrected chi connectivity index (χ3v) is 5.19. The number of aromatic nitrogens is 3. The van der Waals surface area contributed by atoms with Gasteiger partial charge in [0.2, 0.25) is 0 Å². The van der Waals surface area contributed by atoms with Gasteiger partial charge in [-0.15, -0.1) is 0 Å². The zero-order valence-electron chi connectivity index (χ0n) is 17.0. The molecule has 6 heteroatoms. The minimum absolute atomic E-state index is 0.0989. The summed E-state index contributed by atoms with van der Waals surface area (Å²) in [7, 11) is 1.68. The minimum atomic E-state index is -0.376. The first-order valence-electron chi connectivity index (χ1n) is 9.36. The number of nitrogens with zero attached hydrogens (tertiary/aromatic N) is 2. The maximum Gasteiger partial charge on any atom is 0.343 e. The highest BCUT2D eigenvalue weighted by atomic mass is 16.5. The van der Waals surface area contributed by atoms with Crippen molar-refractivity contribution < 1.29 is 9.84 Å². The molecular formula is C22H27N3O3. The molecule has 0 atom stereocenters. The lowest BCUT2D eigenvalue weighted by atomic mass is 9.97. The SMILES string of the molecule is COC(C)(C)c1ccc(Cn2c(-c3cc(C(C)C)ccc3O)n[nH]c2=O)cc1. The molecule has 2 N–H and O–H groups in total. The van der Waals surface area contributed by atoms with Crippen molar-refractivity contribution >= 4 is 0 Å². The third kappa shape index (κ3) is 3.87. The van der Waals surface area contributed by atoms with Crippen molar-refractivity contribution in [2.24, 2.45) is 0 Å². The van der Waals surface area contributed by atoms with Gasteiger partial charge in [-0.05, 0) is 48.6 Å². The Hall–Kier alpha value is -2.86. The summed E-state index contributed by atoms with van der Waals surface area (Å²) in [6.07, 6.45) is 0. The van der Waals surface area contributed by atoms with E-state index in [2.05, 4.69) is 24.0 Å².